The van der Waals surface area contributed by atoms with Gasteiger partial charge in [0.1, 0.15) is 5.75 Å². The van der Waals surface area contributed by atoms with Crippen molar-refractivity contribution in [3.05, 3.63) is 71.1 Å². The molecule has 5 nitrogen and oxygen atoms in total. The molecule has 6 heteroatoms. The molecule has 0 saturated heterocycles. The van der Waals surface area contributed by atoms with Gasteiger partial charge < -0.3 is 19.3 Å². The van der Waals surface area contributed by atoms with Crippen molar-refractivity contribution in [3.8, 4) is 5.75 Å². The second-order valence-corrected chi connectivity index (χ2v) is 8.16. The molecule has 154 valence electrons. The lowest BCUT2D eigenvalue weighted by Gasteiger charge is -2.29. The zero-order valence-corrected chi connectivity index (χ0v) is 18.2. The Balaban J connectivity index is 2.00. The number of carbonyl (C=O) groups is 1. The molecule has 0 bridgehead atoms. The summed E-state index contributed by atoms with van der Waals surface area (Å²) in [6.45, 7) is 1.37. The molecule has 0 aliphatic carbocycles. The number of hydrogen-bond acceptors (Lipinski definition) is 5. The van der Waals surface area contributed by atoms with Crippen molar-refractivity contribution in [1.29, 1.82) is 0 Å². The van der Waals surface area contributed by atoms with E-state index in [2.05, 4.69) is 10.3 Å². The maximum atomic E-state index is 13.6. The average molecular weight is 413 g/mol. The van der Waals surface area contributed by atoms with Gasteiger partial charge in [0.25, 0.3) is 5.91 Å². The second kappa shape index (κ2) is 9.96. The first-order valence-corrected chi connectivity index (χ1v) is 10.5. The third-order valence-corrected chi connectivity index (χ3v) is 6.11. The number of ether oxygens (including phenoxy) is 2. The van der Waals surface area contributed by atoms with Crippen molar-refractivity contribution in [2.24, 2.45) is 0 Å². The largest absolute Gasteiger partial charge is 0.497 e. The Morgan fingerprint density at radius 3 is 2.31 bits per heavy atom. The van der Waals surface area contributed by atoms with Gasteiger partial charge in [0.05, 0.1) is 18.1 Å². The summed E-state index contributed by atoms with van der Waals surface area (Å²) in [5.41, 5.74) is 2.98. The number of thioether (sulfide) groups is 1. The van der Waals surface area contributed by atoms with Crippen molar-refractivity contribution in [2.45, 2.75) is 11.4 Å². The smallest absolute Gasteiger partial charge is 0.257 e. The van der Waals surface area contributed by atoms with E-state index in [4.69, 9.17) is 9.47 Å². The number of amides is 1. The number of carbonyl (C=O) groups excluding carboxylic acids is 1. The number of likely N-dealkylation sites (N-methyl/N-ethyl adjacent to an activating group) is 1. The highest BCUT2D eigenvalue weighted by Crippen LogP contribution is 2.41. The van der Waals surface area contributed by atoms with Crippen molar-refractivity contribution in [3.63, 3.8) is 0 Å². The summed E-state index contributed by atoms with van der Waals surface area (Å²) in [5.74, 6) is 0.774. The number of hydrogen-bond donors (Lipinski definition) is 0. The van der Waals surface area contributed by atoms with Gasteiger partial charge in [0.15, 0.2) is 6.10 Å². The maximum Gasteiger partial charge on any atom is 0.257 e. The van der Waals surface area contributed by atoms with Crippen LogP contribution in [0.1, 0.15) is 16.4 Å². The van der Waals surface area contributed by atoms with Crippen LogP contribution in [0.2, 0.25) is 0 Å². The predicted octanol–water partition coefficient (Wildman–Crippen LogP) is 3.89. The minimum Gasteiger partial charge on any atom is -0.497 e. The van der Waals surface area contributed by atoms with Crippen molar-refractivity contribution in [2.75, 3.05) is 41.4 Å². The third kappa shape index (κ3) is 5.01. The van der Waals surface area contributed by atoms with E-state index < -0.39 is 6.10 Å². The molecule has 1 amide bonds. The first-order valence-electron chi connectivity index (χ1n) is 9.59. The molecule has 29 heavy (non-hydrogen) atoms. The van der Waals surface area contributed by atoms with Crippen LogP contribution in [-0.4, -0.2) is 63.2 Å². The maximum absolute atomic E-state index is 13.6. The van der Waals surface area contributed by atoms with Gasteiger partial charge >= 0.3 is 0 Å². The zero-order chi connectivity index (χ0) is 20.8. The van der Waals surface area contributed by atoms with Crippen LogP contribution in [0.15, 0.2) is 60.0 Å². The summed E-state index contributed by atoms with van der Waals surface area (Å²) in [6.07, 6.45) is -0.576. The SMILES string of the molecule is COc1ccc([C@H]2SC=C(c3ccccc3)N(CCN(C)C)C(=O)[C@H]2OC)cc1. The zero-order valence-electron chi connectivity index (χ0n) is 17.4. The lowest BCUT2D eigenvalue weighted by molar-refractivity contribution is -0.138. The lowest BCUT2D eigenvalue weighted by atomic mass is 10.0. The molecule has 3 rings (SSSR count). The van der Waals surface area contributed by atoms with E-state index >= 15 is 0 Å². The molecule has 0 N–H and O–H groups in total. The van der Waals surface area contributed by atoms with Crippen molar-refractivity contribution < 1.29 is 14.3 Å². The summed E-state index contributed by atoms with van der Waals surface area (Å²) in [6, 6.07) is 17.9. The molecular weight excluding hydrogens is 384 g/mol. The summed E-state index contributed by atoms with van der Waals surface area (Å²) >= 11 is 1.62. The van der Waals surface area contributed by atoms with Crippen LogP contribution in [0.3, 0.4) is 0 Å². The Morgan fingerprint density at radius 2 is 1.72 bits per heavy atom. The van der Waals surface area contributed by atoms with Gasteiger partial charge in [0, 0.05) is 20.2 Å². The van der Waals surface area contributed by atoms with Crippen LogP contribution in [-0.2, 0) is 9.53 Å². The Labute approximate surface area is 177 Å². The Kier molecular flexibility index (Phi) is 7.36. The minimum absolute atomic E-state index is 0.0183. The van der Waals surface area contributed by atoms with Crippen LogP contribution in [0.5, 0.6) is 5.75 Å². The van der Waals surface area contributed by atoms with Gasteiger partial charge in [-0.25, -0.2) is 0 Å². The number of rotatable bonds is 7. The first-order chi connectivity index (χ1) is 14.0. The quantitative estimate of drug-likeness (QED) is 0.690. The van der Waals surface area contributed by atoms with Gasteiger partial charge in [-0.2, -0.15) is 0 Å². The lowest BCUT2D eigenvalue weighted by Crippen LogP contribution is -2.42. The highest BCUT2D eigenvalue weighted by Gasteiger charge is 2.37. The van der Waals surface area contributed by atoms with E-state index in [1.165, 1.54) is 0 Å². The van der Waals surface area contributed by atoms with Gasteiger partial charge in [-0.3, -0.25) is 4.79 Å². The topological polar surface area (TPSA) is 42.0 Å². The molecule has 0 radical (unpaired) electrons. The van der Waals surface area contributed by atoms with Gasteiger partial charge in [-0.1, -0.05) is 42.5 Å². The Hall–Kier alpha value is -2.28. The fraction of sp³-hybridized carbons (Fsp3) is 0.348. The number of nitrogens with zero attached hydrogens (tertiary/aromatic N) is 2. The summed E-state index contributed by atoms with van der Waals surface area (Å²) < 4.78 is 11.0. The van der Waals surface area contributed by atoms with Crippen molar-refractivity contribution in [1.82, 2.24) is 9.80 Å². The van der Waals surface area contributed by atoms with Gasteiger partial charge in [-0.15, -0.1) is 11.8 Å². The van der Waals surface area contributed by atoms with E-state index in [1.807, 2.05) is 73.6 Å². The molecule has 0 spiro atoms. The monoisotopic (exact) mass is 412 g/mol. The molecule has 2 aromatic rings. The molecule has 1 heterocycles. The molecule has 0 unspecified atom stereocenters. The first kappa shape index (κ1) is 21.4. The Morgan fingerprint density at radius 1 is 1.03 bits per heavy atom. The van der Waals surface area contributed by atoms with E-state index in [-0.39, 0.29) is 11.2 Å². The van der Waals surface area contributed by atoms with Crippen LogP contribution in [0.4, 0.5) is 0 Å². The van der Waals surface area contributed by atoms with Gasteiger partial charge in [-0.05, 0) is 42.8 Å². The van der Waals surface area contributed by atoms with Gasteiger partial charge in [0.2, 0.25) is 0 Å². The molecule has 1 aliphatic rings. The number of methoxy groups -OCH3 is 2. The molecule has 2 atom stereocenters. The normalized spacial score (nSPS) is 19.8. The highest BCUT2D eigenvalue weighted by atomic mass is 32.2. The second-order valence-electron chi connectivity index (χ2n) is 7.15. The van der Waals surface area contributed by atoms with Crippen LogP contribution < -0.4 is 4.74 Å². The summed E-state index contributed by atoms with van der Waals surface area (Å²) in [5, 5.41) is 1.96. The van der Waals surface area contributed by atoms with Crippen molar-refractivity contribution >= 4 is 23.4 Å². The molecule has 2 aromatic carbocycles. The van der Waals surface area contributed by atoms with E-state index in [0.717, 1.165) is 29.1 Å². The molecule has 0 aromatic heterocycles. The van der Waals surface area contributed by atoms with Crippen LogP contribution in [0, 0.1) is 0 Å². The number of benzene rings is 2. The summed E-state index contributed by atoms with van der Waals surface area (Å²) in [4.78, 5) is 17.5. The molecule has 1 aliphatic heterocycles. The predicted molar refractivity (Wildman–Crippen MR) is 119 cm³/mol. The molecular formula is C23H28N2O3S. The van der Waals surface area contributed by atoms with E-state index in [0.29, 0.717) is 6.54 Å². The average Bonchev–Trinajstić information content (AvgIpc) is 2.89. The highest BCUT2D eigenvalue weighted by molar-refractivity contribution is 8.02. The molecule has 0 saturated carbocycles. The van der Waals surface area contributed by atoms with Crippen LogP contribution >= 0.6 is 11.8 Å². The van der Waals surface area contributed by atoms with Crippen LogP contribution in [0.25, 0.3) is 5.70 Å². The standard InChI is InChI=1S/C23H28N2O3S/c1-24(2)14-15-25-20(17-8-6-5-7-9-17)16-29-22(21(28-4)23(25)26)18-10-12-19(27-3)13-11-18/h5-13,16,21-22H,14-15H2,1-4H3/t21-,22+/m0/s1. The minimum atomic E-state index is -0.576. The van der Waals surface area contributed by atoms with E-state index in [9.17, 15) is 4.79 Å². The van der Waals surface area contributed by atoms with E-state index in [1.54, 1.807) is 26.0 Å². The molecule has 0 fully saturated rings. The third-order valence-electron chi connectivity index (χ3n) is 4.94. The Bertz CT molecular complexity index is 837. The summed E-state index contributed by atoms with van der Waals surface area (Å²) in [7, 11) is 7.28. The fourth-order valence-corrected chi connectivity index (χ4v) is 4.53. The fourth-order valence-electron chi connectivity index (χ4n) is 3.31.